The quantitative estimate of drug-likeness (QED) is 0.886. The standard InChI is InChI=1S/C16H26N2O/c1-11-8-12(2)14(13(9-11)19-5)15(18(3)4)16(10-17)6-7-16/h8-9,15H,6-7,10,17H2,1-5H3. The van der Waals surface area contributed by atoms with E-state index < -0.39 is 0 Å². The fraction of sp³-hybridized carbons (Fsp3) is 0.625. The summed E-state index contributed by atoms with van der Waals surface area (Å²) >= 11 is 0. The average Bonchev–Trinajstić information content (AvgIpc) is 3.12. The van der Waals surface area contributed by atoms with Gasteiger partial charge >= 0.3 is 0 Å². The first-order chi connectivity index (χ1) is 8.95. The molecule has 1 aromatic carbocycles. The monoisotopic (exact) mass is 262 g/mol. The second-order valence-corrected chi connectivity index (χ2v) is 6.13. The summed E-state index contributed by atoms with van der Waals surface area (Å²) in [4.78, 5) is 2.29. The highest BCUT2D eigenvalue weighted by Crippen LogP contribution is 2.57. The molecule has 106 valence electrons. The van der Waals surface area contributed by atoms with Gasteiger partial charge in [-0.1, -0.05) is 6.07 Å². The second kappa shape index (κ2) is 5.14. The molecule has 1 fully saturated rings. The maximum absolute atomic E-state index is 6.05. The third kappa shape index (κ3) is 2.49. The summed E-state index contributed by atoms with van der Waals surface area (Å²) in [6, 6.07) is 4.71. The van der Waals surface area contributed by atoms with E-state index in [2.05, 4.69) is 45.0 Å². The molecule has 1 aliphatic rings. The van der Waals surface area contributed by atoms with E-state index in [9.17, 15) is 0 Å². The normalized spacial score (nSPS) is 18.5. The number of nitrogens with two attached hydrogens (primary N) is 1. The van der Waals surface area contributed by atoms with E-state index in [0.29, 0.717) is 6.04 Å². The van der Waals surface area contributed by atoms with E-state index in [1.54, 1.807) is 7.11 Å². The molecule has 19 heavy (non-hydrogen) atoms. The molecule has 3 nitrogen and oxygen atoms in total. The Hall–Kier alpha value is -1.06. The predicted molar refractivity (Wildman–Crippen MR) is 79.6 cm³/mol. The van der Waals surface area contributed by atoms with E-state index in [1.807, 2.05) is 0 Å². The first-order valence-electron chi connectivity index (χ1n) is 6.97. The topological polar surface area (TPSA) is 38.5 Å². The van der Waals surface area contributed by atoms with Gasteiger partial charge in [0.1, 0.15) is 5.75 Å². The van der Waals surface area contributed by atoms with Crippen molar-refractivity contribution in [2.45, 2.75) is 32.7 Å². The van der Waals surface area contributed by atoms with Crippen LogP contribution >= 0.6 is 0 Å². The molecular formula is C16H26N2O. The highest BCUT2D eigenvalue weighted by atomic mass is 16.5. The lowest BCUT2D eigenvalue weighted by molar-refractivity contribution is 0.193. The third-order valence-electron chi connectivity index (χ3n) is 4.38. The van der Waals surface area contributed by atoms with Crippen molar-refractivity contribution in [3.63, 3.8) is 0 Å². The molecule has 1 aliphatic carbocycles. The van der Waals surface area contributed by atoms with Crippen molar-refractivity contribution in [2.24, 2.45) is 11.1 Å². The Morgan fingerprint density at radius 3 is 2.37 bits per heavy atom. The molecular weight excluding hydrogens is 236 g/mol. The largest absolute Gasteiger partial charge is 0.496 e. The molecule has 0 heterocycles. The van der Waals surface area contributed by atoms with Gasteiger partial charge in [0.2, 0.25) is 0 Å². The van der Waals surface area contributed by atoms with Crippen LogP contribution in [0.3, 0.4) is 0 Å². The molecule has 1 saturated carbocycles. The van der Waals surface area contributed by atoms with Crippen LogP contribution in [0.25, 0.3) is 0 Å². The highest BCUT2D eigenvalue weighted by molar-refractivity contribution is 5.46. The Bertz CT molecular complexity index is 464. The number of rotatable bonds is 5. The van der Waals surface area contributed by atoms with Crippen LogP contribution in [0, 0.1) is 19.3 Å². The molecule has 0 bridgehead atoms. The zero-order valence-electron chi connectivity index (χ0n) is 12.8. The van der Waals surface area contributed by atoms with E-state index in [4.69, 9.17) is 10.5 Å². The molecule has 3 heteroatoms. The molecule has 0 spiro atoms. The summed E-state index contributed by atoms with van der Waals surface area (Å²) < 4.78 is 5.64. The number of hydrogen-bond donors (Lipinski definition) is 1. The van der Waals surface area contributed by atoms with Crippen LogP contribution in [0.15, 0.2) is 12.1 Å². The molecule has 1 atom stereocenters. The summed E-state index contributed by atoms with van der Waals surface area (Å²) in [7, 11) is 6.03. The Labute approximate surface area is 116 Å². The van der Waals surface area contributed by atoms with Crippen molar-refractivity contribution in [2.75, 3.05) is 27.7 Å². The van der Waals surface area contributed by atoms with Crippen LogP contribution in [0.2, 0.25) is 0 Å². The van der Waals surface area contributed by atoms with Gasteiger partial charge in [0.05, 0.1) is 7.11 Å². The van der Waals surface area contributed by atoms with Crippen LogP contribution in [0.1, 0.15) is 35.6 Å². The van der Waals surface area contributed by atoms with Gasteiger partial charge in [-0.2, -0.15) is 0 Å². The average molecular weight is 262 g/mol. The fourth-order valence-electron chi connectivity index (χ4n) is 3.32. The zero-order chi connectivity index (χ0) is 14.2. The molecule has 0 amide bonds. The number of benzene rings is 1. The molecule has 0 aromatic heterocycles. The van der Waals surface area contributed by atoms with E-state index >= 15 is 0 Å². The maximum Gasteiger partial charge on any atom is 0.124 e. The molecule has 1 unspecified atom stereocenters. The summed E-state index contributed by atoms with van der Waals surface area (Å²) in [5.41, 5.74) is 10.1. The molecule has 0 aliphatic heterocycles. The zero-order valence-corrected chi connectivity index (χ0v) is 12.8. The van der Waals surface area contributed by atoms with Crippen molar-refractivity contribution in [1.29, 1.82) is 0 Å². The molecule has 2 N–H and O–H groups in total. The number of nitrogens with zero attached hydrogens (tertiary/aromatic N) is 1. The summed E-state index contributed by atoms with van der Waals surface area (Å²) in [6.07, 6.45) is 2.42. The van der Waals surface area contributed by atoms with Gasteiger partial charge in [-0.05, 0) is 64.5 Å². The summed E-state index contributed by atoms with van der Waals surface area (Å²) in [6.45, 7) is 5.03. The minimum Gasteiger partial charge on any atom is -0.496 e. The molecule has 1 aromatic rings. The number of methoxy groups -OCH3 is 1. The van der Waals surface area contributed by atoms with Gasteiger partial charge in [0.15, 0.2) is 0 Å². The van der Waals surface area contributed by atoms with Crippen molar-refractivity contribution < 1.29 is 4.74 Å². The van der Waals surface area contributed by atoms with Crippen molar-refractivity contribution in [3.8, 4) is 5.75 Å². The minimum absolute atomic E-state index is 0.233. The van der Waals surface area contributed by atoms with Crippen molar-refractivity contribution in [3.05, 3.63) is 28.8 Å². The smallest absolute Gasteiger partial charge is 0.124 e. The van der Waals surface area contributed by atoms with Crippen LogP contribution in [-0.4, -0.2) is 32.6 Å². The lowest BCUT2D eigenvalue weighted by Crippen LogP contribution is -2.34. The first-order valence-corrected chi connectivity index (χ1v) is 6.97. The molecule has 0 saturated heterocycles. The summed E-state index contributed by atoms with van der Waals surface area (Å²) in [5, 5.41) is 0. The second-order valence-electron chi connectivity index (χ2n) is 6.13. The van der Waals surface area contributed by atoms with Crippen LogP contribution in [-0.2, 0) is 0 Å². The Morgan fingerprint density at radius 1 is 1.32 bits per heavy atom. The number of ether oxygens (including phenoxy) is 1. The van der Waals surface area contributed by atoms with Crippen LogP contribution < -0.4 is 10.5 Å². The van der Waals surface area contributed by atoms with Gasteiger partial charge in [0.25, 0.3) is 0 Å². The van der Waals surface area contributed by atoms with E-state index in [1.165, 1.54) is 29.5 Å². The van der Waals surface area contributed by atoms with Crippen LogP contribution in [0.5, 0.6) is 5.75 Å². The predicted octanol–water partition coefficient (Wildman–Crippen LogP) is 2.65. The van der Waals surface area contributed by atoms with E-state index in [-0.39, 0.29) is 5.41 Å². The molecule has 0 radical (unpaired) electrons. The first kappa shape index (κ1) is 14.4. The van der Waals surface area contributed by atoms with Gasteiger partial charge in [0, 0.05) is 17.0 Å². The van der Waals surface area contributed by atoms with E-state index in [0.717, 1.165) is 12.3 Å². The van der Waals surface area contributed by atoms with Gasteiger partial charge in [-0.3, -0.25) is 0 Å². The van der Waals surface area contributed by atoms with Gasteiger partial charge < -0.3 is 15.4 Å². The number of aryl methyl sites for hydroxylation is 2. The van der Waals surface area contributed by atoms with Gasteiger partial charge in [-0.25, -0.2) is 0 Å². The lowest BCUT2D eigenvalue weighted by Gasteiger charge is -2.34. The Balaban J connectivity index is 2.54. The Kier molecular flexibility index (Phi) is 3.88. The number of hydrogen-bond acceptors (Lipinski definition) is 3. The third-order valence-corrected chi connectivity index (χ3v) is 4.38. The fourth-order valence-corrected chi connectivity index (χ4v) is 3.32. The van der Waals surface area contributed by atoms with Gasteiger partial charge in [-0.15, -0.1) is 0 Å². The highest BCUT2D eigenvalue weighted by Gasteiger charge is 2.50. The van der Waals surface area contributed by atoms with Crippen LogP contribution in [0.4, 0.5) is 0 Å². The van der Waals surface area contributed by atoms with Crippen molar-refractivity contribution in [1.82, 2.24) is 4.90 Å². The lowest BCUT2D eigenvalue weighted by atomic mass is 9.85. The minimum atomic E-state index is 0.233. The summed E-state index contributed by atoms with van der Waals surface area (Å²) in [5.74, 6) is 0.996. The van der Waals surface area contributed by atoms with Crippen molar-refractivity contribution >= 4 is 0 Å². The maximum atomic E-state index is 6.05. The molecule has 2 rings (SSSR count). The SMILES string of the molecule is COc1cc(C)cc(C)c1C(N(C)C)C1(CN)CC1. The Morgan fingerprint density at radius 2 is 1.95 bits per heavy atom.